The summed E-state index contributed by atoms with van der Waals surface area (Å²) in [5.74, 6) is -0.197. The maximum Gasteiger partial charge on any atom is 0.405 e. The molecule has 0 bridgehead atoms. The fourth-order valence-corrected chi connectivity index (χ4v) is 3.73. The van der Waals surface area contributed by atoms with Crippen LogP contribution in [0.3, 0.4) is 0 Å². The van der Waals surface area contributed by atoms with E-state index in [1.165, 1.54) is 0 Å². The number of carboxylic acid groups (broad SMARTS) is 1. The van der Waals surface area contributed by atoms with E-state index in [-0.39, 0.29) is 17.9 Å². The summed E-state index contributed by atoms with van der Waals surface area (Å²) in [6.07, 6.45) is 2.86. The number of aromatic nitrogens is 2. The Morgan fingerprint density at radius 1 is 0.903 bits per heavy atom. The number of aromatic amines is 2. The summed E-state index contributed by atoms with van der Waals surface area (Å²) in [4.78, 5) is 30.1. The minimum absolute atomic E-state index is 0.0883. The van der Waals surface area contributed by atoms with Crippen molar-refractivity contribution in [3.8, 4) is 11.5 Å². The molecule has 0 saturated carbocycles. The summed E-state index contributed by atoms with van der Waals surface area (Å²) in [6, 6.07) is 8.87. The highest BCUT2D eigenvalue weighted by Gasteiger charge is 2.22. The van der Waals surface area contributed by atoms with E-state index in [9.17, 15) is 24.9 Å². The SMILES string of the molecule is O=C(O)NC(Cc1c[nH]c2ccc(O)cc12)C(=O)NCCc1c[nH]c2ccc(O)cc12. The van der Waals surface area contributed by atoms with Gasteiger partial charge in [0.15, 0.2) is 0 Å². The Morgan fingerprint density at radius 2 is 1.48 bits per heavy atom. The van der Waals surface area contributed by atoms with Crippen LogP contribution in [0.25, 0.3) is 21.8 Å². The van der Waals surface area contributed by atoms with Gasteiger partial charge in [0.1, 0.15) is 17.5 Å². The van der Waals surface area contributed by atoms with Gasteiger partial charge in [0, 0.05) is 47.2 Å². The van der Waals surface area contributed by atoms with Crippen LogP contribution in [0.2, 0.25) is 0 Å². The molecule has 2 aromatic heterocycles. The molecule has 31 heavy (non-hydrogen) atoms. The summed E-state index contributed by atoms with van der Waals surface area (Å²) in [6.45, 7) is 0.300. The van der Waals surface area contributed by atoms with E-state index in [0.717, 1.165) is 27.4 Å². The molecule has 0 aliphatic heterocycles. The Balaban J connectivity index is 1.44. The van der Waals surface area contributed by atoms with Crippen LogP contribution in [0.5, 0.6) is 11.5 Å². The second-order valence-electron chi connectivity index (χ2n) is 7.33. The second-order valence-corrected chi connectivity index (χ2v) is 7.33. The van der Waals surface area contributed by atoms with Crippen LogP contribution in [0.1, 0.15) is 11.1 Å². The zero-order valence-electron chi connectivity index (χ0n) is 16.5. The zero-order chi connectivity index (χ0) is 22.0. The lowest BCUT2D eigenvalue weighted by Crippen LogP contribution is -2.48. The highest BCUT2D eigenvalue weighted by molar-refractivity contribution is 5.89. The first kappa shape index (κ1) is 20.1. The number of fused-ring (bicyclic) bond motifs is 2. The number of phenols is 2. The number of carbonyl (C=O) groups is 2. The first-order valence-corrected chi connectivity index (χ1v) is 9.76. The van der Waals surface area contributed by atoms with Gasteiger partial charge < -0.3 is 35.9 Å². The van der Waals surface area contributed by atoms with Crippen LogP contribution in [0, 0.1) is 0 Å². The van der Waals surface area contributed by atoms with Crippen molar-refractivity contribution < 1.29 is 24.9 Å². The molecule has 4 aromatic rings. The molecule has 1 atom stereocenters. The van der Waals surface area contributed by atoms with Gasteiger partial charge in [0.25, 0.3) is 0 Å². The standard InChI is InChI=1S/C22H22N4O5/c27-14-1-3-18-16(8-14)12(10-24-18)5-6-23-21(29)20(26-22(30)31)7-13-11-25-19-4-2-15(28)9-17(13)19/h1-4,8-11,20,24-28H,5-7H2,(H,23,29)(H,30,31). The summed E-state index contributed by atoms with van der Waals surface area (Å²) in [7, 11) is 0. The van der Waals surface area contributed by atoms with Gasteiger partial charge in [-0.1, -0.05) is 0 Å². The summed E-state index contributed by atoms with van der Waals surface area (Å²) >= 11 is 0. The molecule has 0 fully saturated rings. The number of benzene rings is 2. The van der Waals surface area contributed by atoms with Crippen molar-refractivity contribution in [1.82, 2.24) is 20.6 Å². The molecule has 2 heterocycles. The van der Waals surface area contributed by atoms with E-state index in [1.54, 1.807) is 42.6 Å². The van der Waals surface area contributed by atoms with Gasteiger partial charge in [-0.25, -0.2) is 4.79 Å². The van der Waals surface area contributed by atoms with E-state index in [4.69, 9.17) is 0 Å². The van der Waals surface area contributed by atoms with Crippen molar-refractivity contribution in [2.45, 2.75) is 18.9 Å². The fourth-order valence-electron chi connectivity index (χ4n) is 3.73. The van der Waals surface area contributed by atoms with E-state index < -0.39 is 18.0 Å². The number of phenolic OH excluding ortho intramolecular Hbond substituents is 2. The molecular formula is C22H22N4O5. The molecule has 0 aliphatic rings. The number of hydrogen-bond acceptors (Lipinski definition) is 4. The van der Waals surface area contributed by atoms with Crippen LogP contribution >= 0.6 is 0 Å². The van der Waals surface area contributed by atoms with Crippen LogP contribution < -0.4 is 10.6 Å². The molecule has 0 aliphatic carbocycles. The smallest absolute Gasteiger partial charge is 0.405 e. The maximum atomic E-state index is 12.7. The normalized spacial score (nSPS) is 12.1. The molecule has 4 rings (SSSR count). The van der Waals surface area contributed by atoms with Crippen molar-refractivity contribution in [2.75, 3.05) is 6.54 Å². The molecule has 0 saturated heterocycles. The van der Waals surface area contributed by atoms with E-state index in [1.807, 2.05) is 6.20 Å². The number of H-pyrrole nitrogens is 2. The molecule has 0 spiro atoms. The third kappa shape index (κ3) is 4.40. The predicted octanol–water partition coefficient (Wildman–Crippen LogP) is 2.60. The number of rotatable bonds is 7. The van der Waals surface area contributed by atoms with E-state index in [2.05, 4.69) is 20.6 Å². The summed E-state index contributed by atoms with van der Waals surface area (Å²) in [5.41, 5.74) is 3.31. The highest BCUT2D eigenvalue weighted by Crippen LogP contribution is 2.24. The van der Waals surface area contributed by atoms with Gasteiger partial charge >= 0.3 is 6.09 Å². The number of carbonyl (C=O) groups excluding carboxylic acids is 1. The number of nitrogens with one attached hydrogen (secondary N) is 4. The van der Waals surface area contributed by atoms with Crippen molar-refractivity contribution in [3.63, 3.8) is 0 Å². The molecule has 7 N–H and O–H groups in total. The minimum Gasteiger partial charge on any atom is -0.508 e. The third-order valence-corrected chi connectivity index (χ3v) is 5.23. The average molecular weight is 422 g/mol. The lowest BCUT2D eigenvalue weighted by Gasteiger charge is -2.16. The lowest BCUT2D eigenvalue weighted by molar-refractivity contribution is -0.122. The van der Waals surface area contributed by atoms with Crippen molar-refractivity contribution >= 4 is 33.8 Å². The topological polar surface area (TPSA) is 150 Å². The van der Waals surface area contributed by atoms with Crippen LogP contribution in [0.4, 0.5) is 4.79 Å². The van der Waals surface area contributed by atoms with Gasteiger partial charge in [0.2, 0.25) is 5.91 Å². The lowest BCUT2D eigenvalue weighted by atomic mass is 10.0. The average Bonchev–Trinajstić information content (AvgIpc) is 3.31. The van der Waals surface area contributed by atoms with Gasteiger partial charge in [-0.05, 0) is 53.9 Å². The van der Waals surface area contributed by atoms with E-state index >= 15 is 0 Å². The van der Waals surface area contributed by atoms with Crippen LogP contribution in [-0.4, -0.2) is 49.9 Å². The molecule has 9 nitrogen and oxygen atoms in total. The Bertz CT molecular complexity index is 1260. The minimum atomic E-state index is -1.30. The number of amides is 2. The highest BCUT2D eigenvalue weighted by atomic mass is 16.4. The Morgan fingerprint density at radius 3 is 2.10 bits per heavy atom. The fraction of sp³-hybridized carbons (Fsp3) is 0.182. The van der Waals surface area contributed by atoms with Gasteiger partial charge in [-0.3, -0.25) is 4.79 Å². The van der Waals surface area contributed by atoms with E-state index in [0.29, 0.717) is 18.5 Å². The van der Waals surface area contributed by atoms with Crippen LogP contribution in [-0.2, 0) is 17.6 Å². The monoisotopic (exact) mass is 422 g/mol. The van der Waals surface area contributed by atoms with Crippen molar-refractivity contribution in [2.24, 2.45) is 0 Å². The number of hydrogen-bond donors (Lipinski definition) is 7. The van der Waals surface area contributed by atoms with Crippen molar-refractivity contribution in [3.05, 3.63) is 59.9 Å². The molecular weight excluding hydrogens is 400 g/mol. The Labute approximate surface area is 176 Å². The van der Waals surface area contributed by atoms with Gasteiger partial charge in [0.05, 0.1) is 0 Å². The molecule has 0 radical (unpaired) electrons. The molecule has 2 amide bonds. The maximum absolute atomic E-state index is 12.7. The first-order chi connectivity index (χ1) is 14.9. The first-order valence-electron chi connectivity index (χ1n) is 9.76. The molecule has 2 aromatic carbocycles. The molecule has 1 unspecified atom stereocenters. The predicted molar refractivity (Wildman–Crippen MR) is 115 cm³/mol. The van der Waals surface area contributed by atoms with Crippen LogP contribution in [0.15, 0.2) is 48.8 Å². The quantitative estimate of drug-likeness (QED) is 0.244. The third-order valence-electron chi connectivity index (χ3n) is 5.23. The summed E-state index contributed by atoms with van der Waals surface area (Å²) < 4.78 is 0. The summed E-state index contributed by atoms with van der Waals surface area (Å²) in [5, 5.41) is 35.2. The van der Waals surface area contributed by atoms with Gasteiger partial charge in [-0.15, -0.1) is 0 Å². The largest absolute Gasteiger partial charge is 0.508 e. The van der Waals surface area contributed by atoms with Crippen molar-refractivity contribution in [1.29, 1.82) is 0 Å². The van der Waals surface area contributed by atoms with Gasteiger partial charge in [-0.2, -0.15) is 0 Å². The number of aromatic hydroxyl groups is 2. The second kappa shape index (κ2) is 8.31. The molecule has 160 valence electrons. The Kier molecular flexibility index (Phi) is 5.40. The molecule has 9 heteroatoms. The Hall–Kier alpha value is -4.14. The zero-order valence-corrected chi connectivity index (χ0v) is 16.5.